The lowest BCUT2D eigenvalue weighted by Crippen LogP contribution is -2.30. The van der Waals surface area contributed by atoms with Crippen molar-refractivity contribution < 1.29 is 4.79 Å². The molecule has 1 amide bonds. The Kier molecular flexibility index (Phi) is 3.58. The van der Waals surface area contributed by atoms with Crippen molar-refractivity contribution in [1.82, 2.24) is 4.98 Å². The standard InChI is InChI=1S/C12H18N4O/c13-10-5-1-3-8(10)7-16-12-9(11(14)17)4-2-6-15-12/h2,4,6,8,10H,1,3,5,7,13H2,(H2,14,17)(H,15,16). The number of carbonyl (C=O) groups is 1. The number of hydrogen-bond donors (Lipinski definition) is 3. The average molecular weight is 234 g/mol. The van der Waals surface area contributed by atoms with Crippen molar-refractivity contribution in [2.45, 2.75) is 25.3 Å². The van der Waals surface area contributed by atoms with Crippen LogP contribution >= 0.6 is 0 Å². The monoisotopic (exact) mass is 234 g/mol. The van der Waals surface area contributed by atoms with Crippen LogP contribution in [0.25, 0.3) is 0 Å². The van der Waals surface area contributed by atoms with Crippen LogP contribution < -0.4 is 16.8 Å². The summed E-state index contributed by atoms with van der Waals surface area (Å²) in [4.78, 5) is 15.3. The second kappa shape index (κ2) is 5.14. The summed E-state index contributed by atoms with van der Waals surface area (Å²) in [5, 5.41) is 3.18. The molecule has 1 aromatic rings. The van der Waals surface area contributed by atoms with E-state index >= 15 is 0 Å². The van der Waals surface area contributed by atoms with Crippen molar-refractivity contribution >= 4 is 11.7 Å². The molecule has 5 N–H and O–H groups in total. The van der Waals surface area contributed by atoms with Gasteiger partial charge in [-0.1, -0.05) is 6.42 Å². The van der Waals surface area contributed by atoms with Crippen molar-refractivity contribution in [1.29, 1.82) is 0 Å². The first-order valence-corrected chi connectivity index (χ1v) is 5.92. The largest absolute Gasteiger partial charge is 0.369 e. The highest BCUT2D eigenvalue weighted by molar-refractivity contribution is 5.97. The van der Waals surface area contributed by atoms with E-state index in [1.54, 1.807) is 18.3 Å². The molecule has 1 aliphatic carbocycles. The highest BCUT2D eigenvalue weighted by atomic mass is 16.1. The third-order valence-corrected chi connectivity index (χ3v) is 3.32. The van der Waals surface area contributed by atoms with Gasteiger partial charge in [-0.05, 0) is 30.9 Å². The number of pyridine rings is 1. The van der Waals surface area contributed by atoms with Gasteiger partial charge >= 0.3 is 0 Å². The molecule has 2 unspecified atom stereocenters. The van der Waals surface area contributed by atoms with Crippen LogP contribution in [0.1, 0.15) is 29.6 Å². The fourth-order valence-electron chi connectivity index (χ4n) is 2.29. The van der Waals surface area contributed by atoms with Crippen molar-refractivity contribution in [2.24, 2.45) is 17.4 Å². The quantitative estimate of drug-likeness (QED) is 0.715. The van der Waals surface area contributed by atoms with Gasteiger partial charge in [0.15, 0.2) is 0 Å². The number of nitrogens with two attached hydrogens (primary N) is 2. The average Bonchev–Trinajstić information content (AvgIpc) is 2.72. The zero-order valence-electron chi connectivity index (χ0n) is 9.73. The van der Waals surface area contributed by atoms with Crippen molar-refractivity contribution in [3.05, 3.63) is 23.9 Å². The smallest absolute Gasteiger partial charge is 0.252 e. The van der Waals surface area contributed by atoms with Crippen LogP contribution in [0.3, 0.4) is 0 Å². The molecule has 1 fully saturated rings. The zero-order chi connectivity index (χ0) is 12.3. The minimum atomic E-state index is -0.462. The molecule has 2 rings (SSSR count). The summed E-state index contributed by atoms with van der Waals surface area (Å²) in [5.41, 5.74) is 11.7. The van der Waals surface area contributed by atoms with Gasteiger partial charge in [-0.3, -0.25) is 4.79 Å². The summed E-state index contributed by atoms with van der Waals surface area (Å²) < 4.78 is 0. The molecule has 0 saturated heterocycles. The van der Waals surface area contributed by atoms with Crippen LogP contribution in [0, 0.1) is 5.92 Å². The third kappa shape index (κ3) is 2.74. The van der Waals surface area contributed by atoms with E-state index in [1.807, 2.05) is 0 Å². The van der Waals surface area contributed by atoms with Gasteiger partial charge < -0.3 is 16.8 Å². The first-order valence-electron chi connectivity index (χ1n) is 5.92. The van der Waals surface area contributed by atoms with E-state index in [2.05, 4.69) is 10.3 Å². The molecule has 92 valence electrons. The number of aromatic nitrogens is 1. The predicted molar refractivity (Wildman–Crippen MR) is 66.6 cm³/mol. The molecule has 0 aliphatic heterocycles. The second-order valence-electron chi connectivity index (χ2n) is 4.50. The number of nitrogens with zero attached hydrogens (tertiary/aromatic N) is 1. The number of carbonyl (C=O) groups excluding carboxylic acids is 1. The Morgan fingerprint density at radius 1 is 1.53 bits per heavy atom. The Bertz CT molecular complexity index is 407. The van der Waals surface area contributed by atoms with Gasteiger partial charge in [0, 0.05) is 18.8 Å². The highest BCUT2D eigenvalue weighted by Crippen LogP contribution is 2.24. The molecule has 5 heteroatoms. The SMILES string of the molecule is NC(=O)c1cccnc1NCC1CCCC1N. The molecule has 17 heavy (non-hydrogen) atoms. The maximum absolute atomic E-state index is 11.2. The number of rotatable bonds is 4. The number of anilines is 1. The van der Waals surface area contributed by atoms with Crippen LogP contribution in [0.15, 0.2) is 18.3 Å². The Balaban J connectivity index is 2.01. The van der Waals surface area contributed by atoms with Gasteiger partial charge in [0.25, 0.3) is 5.91 Å². The van der Waals surface area contributed by atoms with Gasteiger partial charge in [0.1, 0.15) is 5.82 Å². The number of nitrogens with one attached hydrogen (secondary N) is 1. The molecule has 5 nitrogen and oxygen atoms in total. The highest BCUT2D eigenvalue weighted by Gasteiger charge is 2.23. The summed E-state index contributed by atoms with van der Waals surface area (Å²) in [6, 6.07) is 3.63. The first-order chi connectivity index (χ1) is 8.18. The van der Waals surface area contributed by atoms with Crippen LogP contribution in [-0.4, -0.2) is 23.5 Å². The third-order valence-electron chi connectivity index (χ3n) is 3.32. The number of hydrogen-bond acceptors (Lipinski definition) is 4. The number of amides is 1. The molecule has 0 radical (unpaired) electrons. The predicted octanol–water partition coefficient (Wildman–Crippen LogP) is 0.720. The van der Waals surface area contributed by atoms with E-state index in [9.17, 15) is 4.79 Å². The lowest BCUT2D eigenvalue weighted by atomic mass is 10.0. The van der Waals surface area contributed by atoms with E-state index in [-0.39, 0.29) is 6.04 Å². The summed E-state index contributed by atoms with van der Waals surface area (Å²) in [7, 11) is 0. The summed E-state index contributed by atoms with van der Waals surface area (Å²) in [6.45, 7) is 0.748. The molecule has 1 saturated carbocycles. The van der Waals surface area contributed by atoms with E-state index in [0.29, 0.717) is 17.3 Å². The summed E-state index contributed by atoms with van der Waals surface area (Å²) >= 11 is 0. The van der Waals surface area contributed by atoms with E-state index in [4.69, 9.17) is 11.5 Å². The summed E-state index contributed by atoms with van der Waals surface area (Å²) in [5.74, 6) is 0.549. The lowest BCUT2D eigenvalue weighted by molar-refractivity contribution is 0.100. The molecule has 1 aliphatic rings. The van der Waals surface area contributed by atoms with Crippen LogP contribution in [0.2, 0.25) is 0 Å². The van der Waals surface area contributed by atoms with E-state index < -0.39 is 5.91 Å². The Morgan fingerprint density at radius 2 is 2.35 bits per heavy atom. The minimum Gasteiger partial charge on any atom is -0.369 e. The van der Waals surface area contributed by atoms with Crippen molar-refractivity contribution in [3.8, 4) is 0 Å². The molecular formula is C12H18N4O. The lowest BCUT2D eigenvalue weighted by Gasteiger charge is -2.17. The van der Waals surface area contributed by atoms with Gasteiger partial charge in [-0.25, -0.2) is 4.98 Å². The van der Waals surface area contributed by atoms with Crippen LogP contribution in [0.4, 0.5) is 5.82 Å². The molecule has 1 heterocycles. The molecule has 1 aromatic heterocycles. The van der Waals surface area contributed by atoms with Crippen LogP contribution in [-0.2, 0) is 0 Å². The fourth-order valence-corrected chi connectivity index (χ4v) is 2.29. The molecule has 0 spiro atoms. The Labute approximate surface area is 101 Å². The first kappa shape index (κ1) is 11.9. The molecule has 2 atom stereocenters. The van der Waals surface area contributed by atoms with E-state index in [0.717, 1.165) is 19.4 Å². The van der Waals surface area contributed by atoms with Gasteiger partial charge in [-0.15, -0.1) is 0 Å². The normalized spacial score (nSPS) is 23.6. The topological polar surface area (TPSA) is 94.0 Å². The molecular weight excluding hydrogens is 216 g/mol. The summed E-state index contributed by atoms with van der Waals surface area (Å²) in [6.07, 6.45) is 5.03. The number of primary amides is 1. The Hall–Kier alpha value is -1.62. The fraction of sp³-hybridized carbons (Fsp3) is 0.500. The maximum atomic E-state index is 11.2. The van der Waals surface area contributed by atoms with Crippen molar-refractivity contribution in [3.63, 3.8) is 0 Å². The molecule has 0 bridgehead atoms. The zero-order valence-corrected chi connectivity index (χ0v) is 9.73. The Morgan fingerprint density at radius 3 is 3.00 bits per heavy atom. The second-order valence-corrected chi connectivity index (χ2v) is 4.50. The maximum Gasteiger partial charge on any atom is 0.252 e. The van der Waals surface area contributed by atoms with Gasteiger partial charge in [0.2, 0.25) is 0 Å². The van der Waals surface area contributed by atoms with Crippen molar-refractivity contribution in [2.75, 3.05) is 11.9 Å². The van der Waals surface area contributed by atoms with Gasteiger partial charge in [-0.2, -0.15) is 0 Å². The van der Waals surface area contributed by atoms with Crippen LogP contribution in [0.5, 0.6) is 0 Å². The molecule has 0 aromatic carbocycles. The minimum absolute atomic E-state index is 0.253. The van der Waals surface area contributed by atoms with Gasteiger partial charge in [0.05, 0.1) is 5.56 Å². The van der Waals surface area contributed by atoms with E-state index in [1.165, 1.54) is 6.42 Å².